The lowest BCUT2D eigenvalue weighted by atomic mass is 10.1. The average molecular weight is 269 g/mol. The third kappa shape index (κ3) is 3.47. The van der Waals surface area contributed by atoms with E-state index in [1.807, 2.05) is 0 Å². The fraction of sp³-hybridized carbons (Fsp3) is 0.143. The topological polar surface area (TPSA) is 12.0 Å². The van der Waals surface area contributed by atoms with E-state index >= 15 is 0 Å². The van der Waals surface area contributed by atoms with Gasteiger partial charge in [0, 0.05) is 12.1 Å². The molecule has 0 unspecified atom stereocenters. The van der Waals surface area contributed by atoms with Gasteiger partial charge in [0.05, 0.1) is 5.69 Å². The van der Waals surface area contributed by atoms with Crippen molar-refractivity contribution in [1.82, 2.24) is 0 Å². The van der Waals surface area contributed by atoms with E-state index in [9.17, 15) is 17.6 Å². The van der Waals surface area contributed by atoms with Crippen molar-refractivity contribution in [2.24, 2.45) is 0 Å². The first kappa shape index (κ1) is 13.4. The Bertz CT molecular complexity index is 569. The van der Waals surface area contributed by atoms with Gasteiger partial charge < -0.3 is 5.32 Å². The maximum Gasteiger partial charge on any atom is 0.263 e. The molecule has 0 saturated carbocycles. The molecule has 0 aromatic heterocycles. The Balaban J connectivity index is 2.10. The molecule has 19 heavy (non-hydrogen) atoms. The molecule has 0 aliphatic rings. The summed E-state index contributed by atoms with van der Waals surface area (Å²) in [4.78, 5) is 0. The molecular formula is C14H11F4N. The molecule has 100 valence electrons. The van der Waals surface area contributed by atoms with Crippen molar-refractivity contribution in [2.75, 3.05) is 5.32 Å². The molecule has 1 N–H and O–H groups in total. The van der Waals surface area contributed by atoms with Crippen LogP contribution in [0.1, 0.15) is 17.6 Å². The molecule has 0 saturated heterocycles. The largest absolute Gasteiger partial charge is 0.379 e. The third-order valence-electron chi connectivity index (χ3n) is 2.61. The summed E-state index contributed by atoms with van der Waals surface area (Å²) in [6.07, 6.45) is -2.55. The average Bonchev–Trinajstić information content (AvgIpc) is 2.40. The van der Waals surface area contributed by atoms with Crippen molar-refractivity contribution in [1.29, 1.82) is 0 Å². The molecule has 2 rings (SSSR count). The van der Waals surface area contributed by atoms with Gasteiger partial charge >= 0.3 is 0 Å². The summed E-state index contributed by atoms with van der Waals surface area (Å²) in [5.41, 5.74) is 0.475. The number of nitrogens with one attached hydrogen (secondary N) is 1. The number of hydrogen-bond acceptors (Lipinski definition) is 1. The molecule has 1 nitrogen and oxygen atoms in total. The molecule has 0 heterocycles. The fourth-order valence-electron chi connectivity index (χ4n) is 1.67. The normalized spacial score (nSPS) is 10.8. The maximum absolute atomic E-state index is 13.3. The molecular weight excluding hydrogens is 258 g/mol. The van der Waals surface area contributed by atoms with Crippen LogP contribution in [0.5, 0.6) is 0 Å². The van der Waals surface area contributed by atoms with E-state index in [0.29, 0.717) is 5.56 Å². The van der Waals surface area contributed by atoms with E-state index in [4.69, 9.17) is 0 Å². The summed E-state index contributed by atoms with van der Waals surface area (Å²) in [7, 11) is 0. The predicted octanol–water partition coefficient (Wildman–Crippen LogP) is 4.51. The minimum atomic E-state index is -2.55. The van der Waals surface area contributed by atoms with Crippen LogP contribution < -0.4 is 5.32 Å². The van der Waals surface area contributed by atoms with Crippen LogP contribution in [0, 0.1) is 11.6 Å². The summed E-state index contributed by atoms with van der Waals surface area (Å²) in [6, 6.07) is 8.82. The SMILES string of the molecule is Fc1ccc(F)c(NCc2cccc(C(F)F)c2)c1. The van der Waals surface area contributed by atoms with Crippen LogP contribution in [0.2, 0.25) is 0 Å². The predicted molar refractivity (Wildman–Crippen MR) is 65.1 cm³/mol. The lowest BCUT2D eigenvalue weighted by Gasteiger charge is -2.09. The highest BCUT2D eigenvalue weighted by Crippen LogP contribution is 2.21. The van der Waals surface area contributed by atoms with Gasteiger partial charge in [-0.25, -0.2) is 17.6 Å². The van der Waals surface area contributed by atoms with Crippen LogP contribution in [-0.4, -0.2) is 0 Å². The molecule has 5 heteroatoms. The Morgan fingerprint density at radius 3 is 2.53 bits per heavy atom. The van der Waals surface area contributed by atoms with Crippen LogP contribution >= 0.6 is 0 Å². The minimum Gasteiger partial charge on any atom is -0.379 e. The second-order valence-electron chi connectivity index (χ2n) is 4.02. The van der Waals surface area contributed by atoms with Gasteiger partial charge in [0.15, 0.2) is 0 Å². The molecule has 0 spiro atoms. The number of halogens is 4. The van der Waals surface area contributed by atoms with Gasteiger partial charge in [0.2, 0.25) is 0 Å². The van der Waals surface area contributed by atoms with Crippen LogP contribution in [0.15, 0.2) is 42.5 Å². The first-order valence-electron chi connectivity index (χ1n) is 5.62. The number of anilines is 1. The monoisotopic (exact) mass is 269 g/mol. The molecule has 0 aliphatic carbocycles. The Kier molecular flexibility index (Phi) is 4.04. The van der Waals surface area contributed by atoms with Crippen molar-refractivity contribution in [2.45, 2.75) is 13.0 Å². The highest BCUT2D eigenvalue weighted by atomic mass is 19.3. The van der Waals surface area contributed by atoms with E-state index in [1.165, 1.54) is 18.2 Å². The first-order chi connectivity index (χ1) is 9.06. The summed E-state index contributed by atoms with van der Waals surface area (Å²) >= 11 is 0. The van der Waals surface area contributed by atoms with Crippen LogP contribution in [-0.2, 0) is 6.54 Å². The van der Waals surface area contributed by atoms with Gasteiger partial charge in [0.1, 0.15) is 11.6 Å². The standard InChI is InChI=1S/C14H11F4N/c15-11-4-5-12(16)13(7-11)19-8-9-2-1-3-10(6-9)14(17)18/h1-7,14,19H,8H2. The highest BCUT2D eigenvalue weighted by Gasteiger charge is 2.08. The van der Waals surface area contributed by atoms with Gasteiger partial charge in [0.25, 0.3) is 6.43 Å². The van der Waals surface area contributed by atoms with Crippen molar-refractivity contribution in [3.8, 4) is 0 Å². The van der Waals surface area contributed by atoms with E-state index in [1.54, 1.807) is 6.07 Å². The molecule has 2 aromatic rings. The smallest absolute Gasteiger partial charge is 0.263 e. The Labute approximate surface area is 107 Å². The lowest BCUT2D eigenvalue weighted by molar-refractivity contribution is 0.151. The summed E-state index contributed by atoms with van der Waals surface area (Å²) in [5, 5.41) is 2.68. The van der Waals surface area contributed by atoms with Crippen LogP contribution in [0.25, 0.3) is 0 Å². The van der Waals surface area contributed by atoms with Crippen molar-refractivity contribution >= 4 is 5.69 Å². The third-order valence-corrected chi connectivity index (χ3v) is 2.61. The molecule has 2 aromatic carbocycles. The quantitative estimate of drug-likeness (QED) is 0.805. The van der Waals surface area contributed by atoms with Gasteiger partial charge in [-0.1, -0.05) is 18.2 Å². The number of rotatable bonds is 4. The molecule has 0 amide bonds. The van der Waals surface area contributed by atoms with Crippen molar-refractivity contribution in [3.63, 3.8) is 0 Å². The minimum absolute atomic E-state index is 0.00227. The van der Waals surface area contributed by atoms with Crippen molar-refractivity contribution in [3.05, 3.63) is 65.2 Å². The van der Waals surface area contributed by atoms with Gasteiger partial charge in [-0.05, 0) is 29.8 Å². The molecule has 0 fully saturated rings. The van der Waals surface area contributed by atoms with E-state index in [2.05, 4.69) is 5.32 Å². The zero-order valence-electron chi connectivity index (χ0n) is 9.84. The van der Waals surface area contributed by atoms with Gasteiger partial charge in [-0.2, -0.15) is 0 Å². The second kappa shape index (κ2) is 5.73. The van der Waals surface area contributed by atoms with E-state index in [-0.39, 0.29) is 17.8 Å². The zero-order chi connectivity index (χ0) is 13.8. The lowest BCUT2D eigenvalue weighted by Crippen LogP contribution is -2.02. The van der Waals surface area contributed by atoms with Crippen LogP contribution in [0.3, 0.4) is 0 Å². The van der Waals surface area contributed by atoms with E-state index < -0.39 is 18.1 Å². The Morgan fingerprint density at radius 2 is 1.79 bits per heavy atom. The molecule has 0 bridgehead atoms. The molecule has 0 atom stereocenters. The Morgan fingerprint density at radius 1 is 1.00 bits per heavy atom. The van der Waals surface area contributed by atoms with Gasteiger partial charge in [-0.3, -0.25) is 0 Å². The van der Waals surface area contributed by atoms with Gasteiger partial charge in [-0.15, -0.1) is 0 Å². The van der Waals surface area contributed by atoms with Crippen molar-refractivity contribution < 1.29 is 17.6 Å². The maximum atomic E-state index is 13.3. The summed E-state index contributed by atoms with van der Waals surface area (Å²) in [6.45, 7) is 0.140. The second-order valence-corrected chi connectivity index (χ2v) is 4.02. The van der Waals surface area contributed by atoms with Crippen LogP contribution in [0.4, 0.5) is 23.2 Å². The first-order valence-corrected chi connectivity index (χ1v) is 5.62. The fourth-order valence-corrected chi connectivity index (χ4v) is 1.67. The molecule has 0 aliphatic heterocycles. The molecule has 0 radical (unpaired) electrons. The highest BCUT2D eigenvalue weighted by molar-refractivity contribution is 5.45. The summed E-state index contributed by atoms with van der Waals surface area (Å²) in [5.74, 6) is -1.16. The number of alkyl halides is 2. The number of hydrogen-bond donors (Lipinski definition) is 1. The number of benzene rings is 2. The zero-order valence-corrected chi connectivity index (χ0v) is 9.84. The summed E-state index contributed by atoms with van der Waals surface area (Å²) < 4.78 is 51.3. The Hall–Kier alpha value is -2.04. The van der Waals surface area contributed by atoms with E-state index in [0.717, 1.165) is 18.2 Å².